The summed E-state index contributed by atoms with van der Waals surface area (Å²) in [5.41, 5.74) is 1.41. The summed E-state index contributed by atoms with van der Waals surface area (Å²) in [5, 5.41) is 11.5. The minimum Gasteiger partial charge on any atom is -0.462 e. The predicted molar refractivity (Wildman–Crippen MR) is 117 cm³/mol. The first kappa shape index (κ1) is 20.4. The van der Waals surface area contributed by atoms with Crippen LogP contribution in [-0.4, -0.2) is 39.1 Å². The molecular formula is C20H21N5O3S2. The first-order valence-corrected chi connectivity index (χ1v) is 11.4. The first-order chi connectivity index (χ1) is 14.6. The molecule has 0 radical (unpaired) electrons. The summed E-state index contributed by atoms with van der Waals surface area (Å²) in [6, 6.07) is 11.5. The molecule has 0 saturated heterocycles. The lowest BCUT2D eigenvalue weighted by Gasteiger charge is -2.06. The molecular weight excluding hydrogens is 422 g/mol. The third-order valence-electron chi connectivity index (χ3n) is 4.49. The number of carbonyl (C=O) groups excluding carboxylic acids is 2. The second-order valence-electron chi connectivity index (χ2n) is 6.76. The van der Waals surface area contributed by atoms with Crippen molar-refractivity contribution in [2.75, 3.05) is 23.5 Å². The molecule has 1 aromatic carbocycles. The molecule has 1 saturated carbocycles. The van der Waals surface area contributed by atoms with E-state index >= 15 is 0 Å². The predicted octanol–water partition coefficient (Wildman–Crippen LogP) is 3.51. The number of ether oxygens (including phenoxy) is 1. The highest BCUT2D eigenvalue weighted by Gasteiger charge is 2.30. The number of benzene rings is 1. The normalized spacial score (nSPS) is 13.2. The van der Waals surface area contributed by atoms with Crippen LogP contribution in [0, 0.1) is 0 Å². The molecule has 0 aliphatic heterocycles. The lowest BCUT2D eigenvalue weighted by Crippen LogP contribution is -2.18. The summed E-state index contributed by atoms with van der Waals surface area (Å²) in [6.07, 6.45) is 2.14. The number of thioether (sulfide) groups is 1. The summed E-state index contributed by atoms with van der Waals surface area (Å²) < 4.78 is 6.61. The number of anilines is 1. The van der Waals surface area contributed by atoms with Gasteiger partial charge in [-0.2, -0.15) is 0 Å². The van der Waals surface area contributed by atoms with Crippen molar-refractivity contribution in [3.05, 3.63) is 47.1 Å². The highest BCUT2D eigenvalue weighted by atomic mass is 32.2. The van der Waals surface area contributed by atoms with E-state index in [-0.39, 0.29) is 18.3 Å². The van der Waals surface area contributed by atoms with E-state index in [0.717, 1.165) is 29.1 Å². The zero-order chi connectivity index (χ0) is 21.1. The molecule has 1 fully saturated rings. The van der Waals surface area contributed by atoms with Gasteiger partial charge in [-0.25, -0.2) is 9.47 Å². The van der Waals surface area contributed by atoms with Crippen LogP contribution in [-0.2, 0) is 9.53 Å². The lowest BCUT2D eigenvalue weighted by atomic mass is 10.2. The Hall–Kier alpha value is -2.85. The Balaban J connectivity index is 1.47. The van der Waals surface area contributed by atoms with E-state index in [2.05, 4.69) is 15.5 Å². The van der Waals surface area contributed by atoms with Crippen molar-refractivity contribution in [3.8, 4) is 10.4 Å². The maximum absolute atomic E-state index is 12.6. The number of carbonyl (C=O) groups is 2. The quantitative estimate of drug-likeness (QED) is 0.311. The Bertz CT molecular complexity index is 1060. The smallest absolute Gasteiger partial charge is 0.350 e. The van der Waals surface area contributed by atoms with Gasteiger partial charge in [0.15, 0.2) is 5.82 Å². The number of hydrogen-bond donors (Lipinski definition) is 2. The second kappa shape index (κ2) is 8.88. The molecule has 4 rings (SSSR count). The molecule has 3 aromatic rings. The number of rotatable bonds is 8. The molecule has 0 unspecified atom stereocenters. The number of amides is 1. The fraction of sp³-hybridized carbons (Fsp3) is 0.300. The van der Waals surface area contributed by atoms with Crippen molar-refractivity contribution in [1.82, 2.24) is 14.9 Å². The maximum Gasteiger partial charge on any atom is 0.350 e. The highest BCUT2D eigenvalue weighted by molar-refractivity contribution is 7.99. The van der Waals surface area contributed by atoms with Crippen molar-refractivity contribution in [2.24, 2.45) is 0 Å². The third kappa shape index (κ3) is 4.49. The number of hydrogen-bond acceptors (Lipinski definition) is 8. The van der Waals surface area contributed by atoms with Gasteiger partial charge >= 0.3 is 5.97 Å². The average Bonchev–Trinajstić information content (AvgIpc) is 3.40. The molecule has 8 nitrogen and oxygen atoms in total. The van der Waals surface area contributed by atoms with Crippen molar-refractivity contribution in [3.63, 3.8) is 0 Å². The van der Waals surface area contributed by atoms with Crippen LogP contribution < -0.4 is 11.2 Å². The maximum atomic E-state index is 12.6. The lowest BCUT2D eigenvalue weighted by molar-refractivity contribution is -0.113. The van der Waals surface area contributed by atoms with Crippen LogP contribution in [0.3, 0.4) is 0 Å². The summed E-state index contributed by atoms with van der Waals surface area (Å²) in [4.78, 5) is 26.2. The van der Waals surface area contributed by atoms with Gasteiger partial charge in [0.2, 0.25) is 11.1 Å². The second-order valence-corrected chi connectivity index (χ2v) is 8.76. The fourth-order valence-corrected chi connectivity index (χ4v) is 4.58. The van der Waals surface area contributed by atoms with Crippen molar-refractivity contribution in [2.45, 2.75) is 30.8 Å². The van der Waals surface area contributed by atoms with Crippen molar-refractivity contribution < 1.29 is 14.3 Å². The standard InChI is InChI=1S/C20H21N5O3S2/c1-2-28-19(27)17-14(10-15(30-17)12-6-4-3-5-7-12)22-16(26)11-29-20-24-23-18(25(20)21)13-8-9-13/h3-7,10,13H,2,8-9,11,21H2,1H3,(H,22,26). The van der Waals surface area contributed by atoms with Gasteiger partial charge in [0.05, 0.1) is 18.0 Å². The molecule has 1 amide bonds. The van der Waals surface area contributed by atoms with Gasteiger partial charge in [-0.3, -0.25) is 4.79 Å². The van der Waals surface area contributed by atoms with Crippen LogP contribution in [0.1, 0.15) is 41.2 Å². The number of esters is 1. The zero-order valence-corrected chi connectivity index (χ0v) is 18.0. The summed E-state index contributed by atoms with van der Waals surface area (Å²) in [6.45, 7) is 2.01. The molecule has 2 heterocycles. The van der Waals surface area contributed by atoms with E-state index in [1.807, 2.05) is 30.3 Å². The largest absolute Gasteiger partial charge is 0.462 e. The Kier molecular flexibility index (Phi) is 6.05. The van der Waals surface area contributed by atoms with Crippen molar-refractivity contribution >= 4 is 40.7 Å². The molecule has 1 aliphatic rings. The van der Waals surface area contributed by atoms with Crippen LogP contribution in [0.25, 0.3) is 10.4 Å². The minimum absolute atomic E-state index is 0.0960. The van der Waals surface area contributed by atoms with E-state index in [1.54, 1.807) is 13.0 Å². The molecule has 0 atom stereocenters. The fourth-order valence-electron chi connectivity index (χ4n) is 2.90. The monoisotopic (exact) mass is 443 g/mol. The van der Waals surface area contributed by atoms with Crippen LogP contribution in [0.5, 0.6) is 0 Å². The Morgan fingerprint density at radius 1 is 1.30 bits per heavy atom. The van der Waals surface area contributed by atoms with Gasteiger partial charge in [-0.15, -0.1) is 21.5 Å². The number of aromatic nitrogens is 3. The molecule has 10 heteroatoms. The zero-order valence-electron chi connectivity index (χ0n) is 16.3. The Morgan fingerprint density at radius 2 is 2.07 bits per heavy atom. The van der Waals surface area contributed by atoms with Gasteiger partial charge in [-0.05, 0) is 31.4 Å². The summed E-state index contributed by atoms with van der Waals surface area (Å²) in [5.74, 6) is 6.54. The van der Waals surface area contributed by atoms with Crippen molar-refractivity contribution in [1.29, 1.82) is 0 Å². The first-order valence-electron chi connectivity index (χ1n) is 9.56. The van der Waals surface area contributed by atoms with Crippen LogP contribution in [0.4, 0.5) is 5.69 Å². The molecule has 156 valence electrons. The third-order valence-corrected chi connectivity index (χ3v) is 6.60. The van der Waals surface area contributed by atoms with Gasteiger partial charge in [0, 0.05) is 10.8 Å². The summed E-state index contributed by atoms with van der Waals surface area (Å²) >= 11 is 2.50. The number of nitrogens with zero attached hydrogens (tertiary/aromatic N) is 3. The molecule has 3 N–H and O–H groups in total. The SMILES string of the molecule is CCOC(=O)c1sc(-c2ccccc2)cc1NC(=O)CSc1nnc(C2CC2)n1N. The molecule has 0 bridgehead atoms. The van der Waals surface area contributed by atoms with Gasteiger partial charge < -0.3 is 15.9 Å². The molecule has 0 spiro atoms. The summed E-state index contributed by atoms with van der Waals surface area (Å²) in [7, 11) is 0. The Labute approximate surface area is 181 Å². The van der Waals surface area contributed by atoms with Crippen LogP contribution in [0.2, 0.25) is 0 Å². The van der Waals surface area contributed by atoms with Crippen LogP contribution >= 0.6 is 23.1 Å². The number of nitrogen functional groups attached to an aromatic ring is 1. The van der Waals surface area contributed by atoms with E-state index < -0.39 is 5.97 Å². The molecule has 1 aliphatic carbocycles. The van der Waals surface area contributed by atoms with E-state index in [0.29, 0.717) is 21.6 Å². The average molecular weight is 444 g/mol. The van der Waals surface area contributed by atoms with Gasteiger partial charge in [0.1, 0.15) is 4.88 Å². The van der Waals surface area contributed by atoms with Gasteiger partial charge in [-0.1, -0.05) is 42.1 Å². The highest BCUT2D eigenvalue weighted by Crippen LogP contribution is 2.39. The molecule has 2 aromatic heterocycles. The van der Waals surface area contributed by atoms with E-state index in [4.69, 9.17) is 10.6 Å². The van der Waals surface area contributed by atoms with Crippen LogP contribution in [0.15, 0.2) is 41.6 Å². The number of nitrogens with one attached hydrogen (secondary N) is 1. The minimum atomic E-state index is -0.455. The molecule has 30 heavy (non-hydrogen) atoms. The van der Waals surface area contributed by atoms with E-state index in [9.17, 15) is 9.59 Å². The Morgan fingerprint density at radius 3 is 2.77 bits per heavy atom. The van der Waals surface area contributed by atoms with E-state index in [1.165, 1.54) is 27.8 Å². The number of thiophene rings is 1. The number of nitrogens with two attached hydrogens (primary N) is 1. The topological polar surface area (TPSA) is 112 Å². The van der Waals surface area contributed by atoms with Gasteiger partial charge in [0.25, 0.3) is 0 Å².